The van der Waals surface area contributed by atoms with E-state index < -0.39 is 0 Å². The zero-order chi connectivity index (χ0) is 11.8. The van der Waals surface area contributed by atoms with Gasteiger partial charge in [-0.2, -0.15) is 5.10 Å². The SMILES string of the molecule is C=Cc1c(/C=C\C)[nH]c2c1CCn1nccc1-2. The minimum atomic E-state index is 0.948. The Morgan fingerprint density at radius 1 is 1.53 bits per heavy atom. The van der Waals surface area contributed by atoms with Crippen LogP contribution in [0.4, 0.5) is 0 Å². The smallest absolute Gasteiger partial charge is 0.0847 e. The van der Waals surface area contributed by atoms with Crippen LogP contribution in [0.15, 0.2) is 24.9 Å². The number of rotatable bonds is 2. The summed E-state index contributed by atoms with van der Waals surface area (Å²) in [4.78, 5) is 3.48. The van der Waals surface area contributed by atoms with Crippen molar-refractivity contribution in [2.45, 2.75) is 19.9 Å². The van der Waals surface area contributed by atoms with Crippen molar-refractivity contribution in [3.63, 3.8) is 0 Å². The molecule has 0 saturated carbocycles. The maximum absolute atomic E-state index is 4.32. The second kappa shape index (κ2) is 3.77. The van der Waals surface area contributed by atoms with Gasteiger partial charge in [0.1, 0.15) is 0 Å². The molecular formula is C14H15N3. The maximum atomic E-state index is 4.32. The van der Waals surface area contributed by atoms with Crippen molar-refractivity contribution in [2.75, 3.05) is 0 Å². The topological polar surface area (TPSA) is 33.6 Å². The van der Waals surface area contributed by atoms with E-state index in [2.05, 4.69) is 28.8 Å². The molecule has 0 unspecified atom stereocenters. The highest BCUT2D eigenvalue weighted by Gasteiger charge is 2.21. The van der Waals surface area contributed by atoms with Crippen LogP contribution < -0.4 is 0 Å². The number of hydrogen-bond donors (Lipinski definition) is 1. The molecule has 2 aromatic rings. The van der Waals surface area contributed by atoms with Crippen molar-refractivity contribution in [2.24, 2.45) is 0 Å². The number of aromatic amines is 1. The van der Waals surface area contributed by atoms with Crippen molar-refractivity contribution in [3.05, 3.63) is 41.7 Å². The molecule has 0 radical (unpaired) electrons. The summed E-state index contributed by atoms with van der Waals surface area (Å²) >= 11 is 0. The zero-order valence-electron chi connectivity index (χ0n) is 9.90. The van der Waals surface area contributed by atoms with Gasteiger partial charge in [-0.3, -0.25) is 4.68 Å². The summed E-state index contributed by atoms with van der Waals surface area (Å²) in [5, 5.41) is 4.32. The molecular weight excluding hydrogens is 210 g/mol. The van der Waals surface area contributed by atoms with E-state index in [0.717, 1.165) is 18.7 Å². The third kappa shape index (κ3) is 1.39. The Kier molecular flexibility index (Phi) is 2.25. The number of fused-ring (bicyclic) bond motifs is 3. The minimum absolute atomic E-state index is 0.948. The molecule has 0 saturated heterocycles. The highest BCUT2D eigenvalue weighted by atomic mass is 15.3. The van der Waals surface area contributed by atoms with Gasteiger partial charge in [0.25, 0.3) is 0 Å². The van der Waals surface area contributed by atoms with Gasteiger partial charge in [-0.1, -0.05) is 18.7 Å². The van der Waals surface area contributed by atoms with Gasteiger partial charge in [-0.15, -0.1) is 0 Å². The molecule has 1 aliphatic heterocycles. The molecule has 86 valence electrons. The monoisotopic (exact) mass is 225 g/mol. The molecule has 1 aliphatic rings. The number of nitrogens with zero attached hydrogens (tertiary/aromatic N) is 2. The van der Waals surface area contributed by atoms with Crippen LogP contribution >= 0.6 is 0 Å². The van der Waals surface area contributed by atoms with Gasteiger partial charge in [0.05, 0.1) is 11.4 Å². The highest BCUT2D eigenvalue weighted by Crippen LogP contribution is 2.33. The minimum Gasteiger partial charge on any atom is -0.353 e. The lowest BCUT2D eigenvalue weighted by Crippen LogP contribution is -2.11. The summed E-state index contributed by atoms with van der Waals surface area (Å²) in [6, 6.07) is 2.06. The number of nitrogens with one attached hydrogen (secondary N) is 1. The van der Waals surface area contributed by atoms with Gasteiger partial charge in [-0.05, 0) is 31.1 Å². The molecule has 17 heavy (non-hydrogen) atoms. The van der Waals surface area contributed by atoms with Gasteiger partial charge in [0, 0.05) is 24.0 Å². The van der Waals surface area contributed by atoms with E-state index in [4.69, 9.17) is 0 Å². The van der Waals surface area contributed by atoms with Crippen LogP contribution in [0.5, 0.6) is 0 Å². The lowest BCUT2D eigenvalue weighted by atomic mass is 10.0. The number of allylic oxidation sites excluding steroid dienone is 1. The lowest BCUT2D eigenvalue weighted by Gasteiger charge is -2.14. The first-order valence-electron chi connectivity index (χ1n) is 5.87. The van der Waals surface area contributed by atoms with Crippen LogP contribution in [0.25, 0.3) is 23.5 Å². The quantitative estimate of drug-likeness (QED) is 0.837. The molecule has 0 bridgehead atoms. The van der Waals surface area contributed by atoms with Crippen LogP contribution in [0.3, 0.4) is 0 Å². The van der Waals surface area contributed by atoms with Crippen molar-refractivity contribution >= 4 is 12.2 Å². The Morgan fingerprint density at radius 3 is 3.18 bits per heavy atom. The molecule has 3 nitrogen and oxygen atoms in total. The average Bonchev–Trinajstić information content (AvgIpc) is 2.91. The van der Waals surface area contributed by atoms with Crippen molar-refractivity contribution in [3.8, 4) is 11.4 Å². The van der Waals surface area contributed by atoms with Gasteiger partial charge in [0.2, 0.25) is 0 Å². The van der Waals surface area contributed by atoms with Gasteiger partial charge < -0.3 is 4.98 Å². The van der Waals surface area contributed by atoms with Crippen molar-refractivity contribution in [1.29, 1.82) is 0 Å². The molecule has 1 N–H and O–H groups in total. The van der Waals surface area contributed by atoms with E-state index >= 15 is 0 Å². The van der Waals surface area contributed by atoms with E-state index in [-0.39, 0.29) is 0 Å². The van der Waals surface area contributed by atoms with Gasteiger partial charge >= 0.3 is 0 Å². The first kappa shape index (κ1) is 10.1. The summed E-state index contributed by atoms with van der Waals surface area (Å²) in [6.45, 7) is 6.89. The molecule has 0 amide bonds. The molecule has 0 aromatic carbocycles. The Bertz CT molecular complexity index is 599. The number of H-pyrrole nitrogens is 1. The summed E-state index contributed by atoms with van der Waals surface area (Å²) in [7, 11) is 0. The number of aromatic nitrogens is 3. The summed E-state index contributed by atoms with van der Waals surface area (Å²) < 4.78 is 2.05. The third-order valence-electron chi connectivity index (χ3n) is 3.26. The summed E-state index contributed by atoms with van der Waals surface area (Å²) in [6.07, 6.45) is 8.95. The molecule has 0 spiro atoms. The van der Waals surface area contributed by atoms with Gasteiger partial charge in [-0.25, -0.2) is 0 Å². The van der Waals surface area contributed by atoms with Crippen LogP contribution in [0.1, 0.15) is 23.7 Å². The molecule has 3 heterocycles. The summed E-state index contributed by atoms with van der Waals surface area (Å²) in [5.74, 6) is 0. The lowest BCUT2D eigenvalue weighted by molar-refractivity contribution is 0.606. The van der Waals surface area contributed by atoms with E-state index in [9.17, 15) is 0 Å². The molecule has 2 aromatic heterocycles. The van der Waals surface area contributed by atoms with Crippen LogP contribution in [0.2, 0.25) is 0 Å². The molecule has 3 heteroatoms. The summed E-state index contributed by atoms with van der Waals surface area (Å²) in [5.41, 5.74) is 6.09. The highest BCUT2D eigenvalue weighted by molar-refractivity contribution is 5.75. The Labute approximate surface area is 100 Å². The second-order valence-corrected chi connectivity index (χ2v) is 4.20. The molecule has 0 fully saturated rings. The molecule has 0 atom stereocenters. The fourth-order valence-electron chi connectivity index (χ4n) is 2.53. The molecule has 3 rings (SSSR count). The predicted molar refractivity (Wildman–Crippen MR) is 70.5 cm³/mol. The van der Waals surface area contributed by atoms with E-state index in [1.807, 2.05) is 30.0 Å². The Morgan fingerprint density at radius 2 is 2.41 bits per heavy atom. The second-order valence-electron chi connectivity index (χ2n) is 4.20. The zero-order valence-corrected chi connectivity index (χ0v) is 9.90. The number of hydrogen-bond acceptors (Lipinski definition) is 1. The fraction of sp³-hybridized carbons (Fsp3) is 0.214. The van der Waals surface area contributed by atoms with Crippen LogP contribution in [0, 0.1) is 0 Å². The first-order chi connectivity index (χ1) is 8.35. The van der Waals surface area contributed by atoms with E-state index in [1.165, 1.54) is 22.5 Å². The predicted octanol–water partition coefficient (Wildman–Crippen LogP) is 3.11. The average molecular weight is 225 g/mol. The first-order valence-corrected chi connectivity index (χ1v) is 5.87. The normalized spacial score (nSPS) is 13.7. The van der Waals surface area contributed by atoms with Crippen molar-refractivity contribution < 1.29 is 0 Å². The van der Waals surface area contributed by atoms with Crippen LogP contribution in [-0.4, -0.2) is 14.8 Å². The van der Waals surface area contributed by atoms with E-state index in [0.29, 0.717) is 0 Å². The van der Waals surface area contributed by atoms with E-state index in [1.54, 1.807) is 0 Å². The largest absolute Gasteiger partial charge is 0.353 e. The standard InChI is InChI=1S/C14H15N3/c1-3-5-12-10(4-2)11-7-9-17-13(6-8-15-17)14(11)16-12/h3-6,8,16H,2,7,9H2,1H3/b5-3-. The van der Waals surface area contributed by atoms with Crippen LogP contribution in [-0.2, 0) is 13.0 Å². The molecule has 0 aliphatic carbocycles. The Balaban J connectivity index is 2.25. The number of aryl methyl sites for hydroxylation is 1. The Hall–Kier alpha value is -2.03. The van der Waals surface area contributed by atoms with Gasteiger partial charge in [0.15, 0.2) is 0 Å². The third-order valence-corrected chi connectivity index (χ3v) is 3.26. The maximum Gasteiger partial charge on any atom is 0.0847 e. The van der Waals surface area contributed by atoms with Crippen molar-refractivity contribution in [1.82, 2.24) is 14.8 Å². The fourth-order valence-corrected chi connectivity index (χ4v) is 2.53.